The molecular formula is C80H156O17P2. The topological polar surface area (TPSA) is 237 Å². The van der Waals surface area contributed by atoms with Gasteiger partial charge in [0.1, 0.15) is 19.3 Å². The van der Waals surface area contributed by atoms with Crippen LogP contribution in [0.3, 0.4) is 0 Å². The molecule has 0 bridgehead atoms. The maximum atomic E-state index is 13.1. The summed E-state index contributed by atoms with van der Waals surface area (Å²) >= 11 is 0. The minimum atomic E-state index is -4.96. The normalized spacial score (nSPS) is 14.2. The molecule has 0 radical (unpaired) electrons. The van der Waals surface area contributed by atoms with Gasteiger partial charge in [-0.3, -0.25) is 37.3 Å². The fourth-order valence-corrected chi connectivity index (χ4v) is 13.9. The Kier molecular flexibility index (Phi) is 70.3. The van der Waals surface area contributed by atoms with E-state index in [2.05, 4.69) is 41.5 Å². The van der Waals surface area contributed by atoms with Gasteiger partial charge in [0.15, 0.2) is 12.2 Å². The first-order valence-corrected chi connectivity index (χ1v) is 44.5. The van der Waals surface area contributed by atoms with Crippen LogP contribution in [0, 0.1) is 11.8 Å². The molecule has 99 heavy (non-hydrogen) atoms. The molecule has 0 aromatic rings. The van der Waals surface area contributed by atoms with Gasteiger partial charge < -0.3 is 33.8 Å². The van der Waals surface area contributed by atoms with Crippen LogP contribution in [0.15, 0.2) is 0 Å². The van der Waals surface area contributed by atoms with E-state index in [9.17, 15) is 43.2 Å². The van der Waals surface area contributed by atoms with E-state index in [1.165, 1.54) is 231 Å². The molecule has 19 heteroatoms. The zero-order valence-corrected chi connectivity index (χ0v) is 66.6. The van der Waals surface area contributed by atoms with E-state index in [4.69, 9.17) is 37.0 Å². The standard InChI is InChI=1S/C80H156O17P2/c1-7-10-12-14-15-16-17-18-19-20-24-27-30-35-40-45-51-57-63-78(83)91-69-76(97-80(85)64-58-52-46-41-36-31-28-25-22-21-23-26-29-34-39-44-50-55-61-73(6)9-3)71-95-99(88,89)93-67-74(81)66-92-98(86,87)94-70-75(68-90-77(82)62-56-48-13-11-8-2)96-79(84)65-59-53-47-42-37-32-33-38-43-49-54-60-72(4)5/h72-76,81H,7-71H2,1-6H3,(H,86,87)(H,88,89)/t73?,74-,75+,76+/m0/s1. The zero-order valence-electron chi connectivity index (χ0n) is 64.8. The molecule has 0 aliphatic carbocycles. The molecule has 6 atom stereocenters. The van der Waals surface area contributed by atoms with Crippen molar-refractivity contribution in [1.82, 2.24) is 0 Å². The number of aliphatic hydroxyl groups is 1. The fraction of sp³-hybridized carbons (Fsp3) is 0.950. The molecule has 0 fully saturated rings. The van der Waals surface area contributed by atoms with Crippen molar-refractivity contribution < 1.29 is 80.2 Å². The van der Waals surface area contributed by atoms with Crippen LogP contribution in [-0.4, -0.2) is 96.7 Å². The quantitative estimate of drug-likeness (QED) is 0.0222. The molecule has 588 valence electrons. The van der Waals surface area contributed by atoms with Crippen molar-refractivity contribution in [1.29, 1.82) is 0 Å². The number of carbonyl (C=O) groups is 4. The second-order valence-electron chi connectivity index (χ2n) is 29.5. The van der Waals surface area contributed by atoms with Gasteiger partial charge in [0, 0.05) is 25.7 Å². The summed E-state index contributed by atoms with van der Waals surface area (Å²) in [6, 6.07) is 0. The third-order valence-electron chi connectivity index (χ3n) is 19.1. The first-order chi connectivity index (χ1) is 47.9. The molecule has 0 rings (SSSR count). The minimum Gasteiger partial charge on any atom is -0.462 e. The monoisotopic (exact) mass is 1450 g/mol. The number of aliphatic hydroxyl groups excluding tert-OH is 1. The predicted octanol–water partition coefficient (Wildman–Crippen LogP) is 23.9. The average molecular weight is 1450 g/mol. The second kappa shape index (κ2) is 71.7. The van der Waals surface area contributed by atoms with Gasteiger partial charge in [0.2, 0.25) is 0 Å². The van der Waals surface area contributed by atoms with E-state index in [0.29, 0.717) is 25.7 Å². The Bertz CT molecular complexity index is 1910. The molecule has 0 amide bonds. The highest BCUT2D eigenvalue weighted by Gasteiger charge is 2.30. The highest BCUT2D eigenvalue weighted by molar-refractivity contribution is 7.47. The Balaban J connectivity index is 5.12. The van der Waals surface area contributed by atoms with Crippen molar-refractivity contribution in [2.24, 2.45) is 11.8 Å². The third kappa shape index (κ3) is 72.8. The first-order valence-electron chi connectivity index (χ1n) is 41.5. The first kappa shape index (κ1) is 97.1. The summed E-state index contributed by atoms with van der Waals surface area (Å²) < 4.78 is 68.4. The fourth-order valence-electron chi connectivity index (χ4n) is 12.3. The molecule has 0 aromatic heterocycles. The Labute approximate surface area is 607 Å². The lowest BCUT2D eigenvalue weighted by atomic mass is 9.99. The van der Waals surface area contributed by atoms with Crippen LogP contribution in [0.2, 0.25) is 0 Å². The Morgan fingerprint density at radius 2 is 0.515 bits per heavy atom. The van der Waals surface area contributed by atoms with Crippen LogP contribution >= 0.6 is 15.6 Å². The van der Waals surface area contributed by atoms with Gasteiger partial charge in [-0.25, -0.2) is 9.13 Å². The second-order valence-corrected chi connectivity index (χ2v) is 32.4. The summed E-state index contributed by atoms with van der Waals surface area (Å²) in [5.74, 6) is -0.485. The van der Waals surface area contributed by atoms with Crippen LogP contribution in [0.5, 0.6) is 0 Å². The van der Waals surface area contributed by atoms with Crippen molar-refractivity contribution in [2.75, 3.05) is 39.6 Å². The predicted molar refractivity (Wildman–Crippen MR) is 405 cm³/mol. The molecule has 0 saturated heterocycles. The number of phosphoric acid groups is 2. The summed E-state index contributed by atoms with van der Waals surface area (Å²) in [7, 11) is -9.91. The van der Waals surface area contributed by atoms with Gasteiger partial charge >= 0.3 is 39.5 Å². The van der Waals surface area contributed by atoms with E-state index < -0.39 is 97.5 Å². The molecule has 3 N–H and O–H groups in total. The molecule has 0 spiro atoms. The van der Waals surface area contributed by atoms with E-state index >= 15 is 0 Å². The summed E-state index contributed by atoms with van der Waals surface area (Å²) in [6.07, 6.45) is 61.5. The maximum absolute atomic E-state index is 13.1. The largest absolute Gasteiger partial charge is 0.472 e. The van der Waals surface area contributed by atoms with Crippen molar-refractivity contribution in [3.05, 3.63) is 0 Å². The molecule has 17 nitrogen and oxygen atoms in total. The molecule has 0 aromatic carbocycles. The number of esters is 4. The number of ether oxygens (including phenoxy) is 4. The molecule has 3 unspecified atom stereocenters. The minimum absolute atomic E-state index is 0.106. The van der Waals surface area contributed by atoms with Crippen LogP contribution in [0.4, 0.5) is 0 Å². The van der Waals surface area contributed by atoms with Gasteiger partial charge in [0.05, 0.1) is 26.4 Å². The van der Waals surface area contributed by atoms with Crippen molar-refractivity contribution in [2.45, 2.75) is 439 Å². The molecule has 0 aliphatic rings. The van der Waals surface area contributed by atoms with Crippen LogP contribution in [-0.2, 0) is 65.4 Å². The molecule has 0 heterocycles. The Morgan fingerprint density at radius 1 is 0.293 bits per heavy atom. The van der Waals surface area contributed by atoms with E-state index in [0.717, 1.165) is 108 Å². The number of unbranched alkanes of at least 4 members (excludes halogenated alkanes) is 48. The number of hydrogen-bond acceptors (Lipinski definition) is 15. The summed E-state index contributed by atoms with van der Waals surface area (Å²) in [6.45, 7) is 9.60. The van der Waals surface area contributed by atoms with Gasteiger partial charge in [-0.05, 0) is 37.5 Å². The number of rotatable bonds is 79. The number of phosphoric ester groups is 2. The summed E-state index contributed by atoms with van der Waals surface area (Å²) in [5.41, 5.74) is 0. The highest BCUT2D eigenvalue weighted by atomic mass is 31.2. The van der Waals surface area contributed by atoms with Crippen LogP contribution < -0.4 is 0 Å². The number of hydrogen-bond donors (Lipinski definition) is 3. The third-order valence-corrected chi connectivity index (χ3v) is 21.0. The SMILES string of the molecule is CCCCCCCCCCCCCCCCCCCCC(=O)OC[C@H](COP(=O)(O)OC[C@@H](O)COP(=O)(O)OC[C@@H](COC(=O)CCCCCCC)OC(=O)CCCCCCCCCCCCCC(C)C)OC(=O)CCCCCCCCCCCCCCCCCCCCC(C)CC. The van der Waals surface area contributed by atoms with Crippen LogP contribution in [0.1, 0.15) is 420 Å². The van der Waals surface area contributed by atoms with Crippen molar-refractivity contribution in [3.8, 4) is 0 Å². The Hall–Kier alpha value is -1.94. The number of carbonyl (C=O) groups excluding carboxylic acids is 4. The zero-order chi connectivity index (χ0) is 72.8. The van der Waals surface area contributed by atoms with E-state index in [-0.39, 0.29) is 25.7 Å². The van der Waals surface area contributed by atoms with Crippen LogP contribution in [0.25, 0.3) is 0 Å². The van der Waals surface area contributed by atoms with Gasteiger partial charge in [-0.15, -0.1) is 0 Å². The lowest BCUT2D eigenvalue weighted by molar-refractivity contribution is -0.161. The Morgan fingerprint density at radius 3 is 0.768 bits per heavy atom. The van der Waals surface area contributed by atoms with Gasteiger partial charge in [0.25, 0.3) is 0 Å². The summed E-state index contributed by atoms with van der Waals surface area (Å²) in [5, 5.41) is 10.6. The van der Waals surface area contributed by atoms with E-state index in [1.807, 2.05) is 0 Å². The lowest BCUT2D eigenvalue weighted by Crippen LogP contribution is -2.30. The van der Waals surface area contributed by atoms with Gasteiger partial charge in [-0.2, -0.15) is 0 Å². The molecule has 0 aliphatic heterocycles. The smallest absolute Gasteiger partial charge is 0.462 e. The molecule has 0 saturated carbocycles. The maximum Gasteiger partial charge on any atom is 0.472 e. The van der Waals surface area contributed by atoms with Crippen molar-refractivity contribution in [3.63, 3.8) is 0 Å². The highest BCUT2D eigenvalue weighted by Crippen LogP contribution is 2.45. The van der Waals surface area contributed by atoms with Crippen molar-refractivity contribution >= 4 is 39.5 Å². The molecular weight excluding hydrogens is 1290 g/mol. The summed E-state index contributed by atoms with van der Waals surface area (Å²) in [4.78, 5) is 72.7. The van der Waals surface area contributed by atoms with Gasteiger partial charge in [-0.1, -0.05) is 369 Å². The average Bonchev–Trinajstić information content (AvgIpc) is 1.05. The van der Waals surface area contributed by atoms with E-state index in [1.54, 1.807) is 0 Å². The lowest BCUT2D eigenvalue weighted by Gasteiger charge is -2.21.